The van der Waals surface area contributed by atoms with E-state index in [-0.39, 0.29) is 0 Å². The van der Waals surface area contributed by atoms with Crippen LogP contribution in [0.25, 0.3) is 0 Å². The molecule has 3 rings (SSSR count). The van der Waals surface area contributed by atoms with Crippen molar-refractivity contribution in [2.24, 2.45) is 0 Å². The van der Waals surface area contributed by atoms with Gasteiger partial charge in [0.25, 0.3) is 0 Å². The number of aromatic nitrogens is 3. The number of phenols is 1. The summed E-state index contributed by atoms with van der Waals surface area (Å²) in [5.41, 5.74) is 0.908. The number of rotatable bonds is 2. The molecular weight excluding hydrogens is 226 g/mol. The minimum absolute atomic E-state index is 0.332. The van der Waals surface area contributed by atoms with Crippen molar-refractivity contribution in [3.05, 3.63) is 41.5 Å². The number of nitrogens with zero attached hydrogens (tertiary/aromatic N) is 3. The topological polar surface area (TPSA) is 50.9 Å². The average Bonchev–Trinajstić information content (AvgIpc) is 2.77. The maximum atomic E-state index is 9.82. The van der Waals surface area contributed by atoms with Gasteiger partial charge in [-0.05, 0) is 25.8 Å². The Labute approximate surface area is 106 Å². The summed E-state index contributed by atoms with van der Waals surface area (Å²) in [6, 6.07) is 7.88. The molecule has 0 spiro atoms. The minimum Gasteiger partial charge on any atom is -0.508 e. The molecule has 1 aromatic heterocycles. The molecule has 1 aromatic carbocycles. The van der Waals surface area contributed by atoms with Crippen LogP contribution in [0.15, 0.2) is 24.3 Å². The predicted octanol–water partition coefficient (Wildman–Crippen LogP) is 2.47. The number of phenolic OH excluding ortho intramolecular Hbond substituents is 1. The van der Waals surface area contributed by atoms with E-state index in [1.165, 1.54) is 12.8 Å². The van der Waals surface area contributed by atoms with Crippen molar-refractivity contribution < 1.29 is 5.11 Å². The molecule has 1 aliphatic rings. The normalized spacial score (nSPS) is 18.6. The molecule has 2 aromatic rings. The second-order valence-corrected chi connectivity index (χ2v) is 4.95. The van der Waals surface area contributed by atoms with Gasteiger partial charge in [0.2, 0.25) is 0 Å². The van der Waals surface area contributed by atoms with E-state index in [2.05, 4.69) is 21.7 Å². The number of aryl methyl sites for hydroxylation is 1. The van der Waals surface area contributed by atoms with Gasteiger partial charge in [-0.15, -0.1) is 10.2 Å². The van der Waals surface area contributed by atoms with Crippen LogP contribution >= 0.6 is 0 Å². The van der Waals surface area contributed by atoms with Gasteiger partial charge in [-0.1, -0.05) is 18.2 Å². The number of fused-ring (bicyclic) bond motifs is 1. The summed E-state index contributed by atoms with van der Waals surface area (Å²) >= 11 is 0. The Hall–Kier alpha value is -1.84. The van der Waals surface area contributed by atoms with Crippen molar-refractivity contribution >= 4 is 0 Å². The Morgan fingerprint density at radius 2 is 2.17 bits per heavy atom. The standard InChI is InChI=1S/C14H17N3O/c1-10-5-4-8-13-15-16-14(17(10)13)9-11-6-2-3-7-12(11)18/h2-3,6-7,10,18H,4-5,8-9H2,1H3. The van der Waals surface area contributed by atoms with Gasteiger partial charge in [-0.3, -0.25) is 0 Å². The molecule has 4 nitrogen and oxygen atoms in total. The monoisotopic (exact) mass is 243 g/mol. The molecular formula is C14H17N3O. The smallest absolute Gasteiger partial charge is 0.137 e. The van der Waals surface area contributed by atoms with Crippen LogP contribution in [0.3, 0.4) is 0 Å². The zero-order valence-corrected chi connectivity index (χ0v) is 10.5. The summed E-state index contributed by atoms with van der Waals surface area (Å²) in [5, 5.41) is 18.4. The van der Waals surface area contributed by atoms with Crippen molar-refractivity contribution in [2.45, 2.75) is 38.6 Å². The third kappa shape index (κ3) is 1.88. The van der Waals surface area contributed by atoms with Crippen molar-refractivity contribution in [2.75, 3.05) is 0 Å². The molecule has 0 aliphatic carbocycles. The van der Waals surface area contributed by atoms with E-state index < -0.39 is 0 Å². The van der Waals surface area contributed by atoms with Crippen LogP contribution in [0, 0.1) is 0 Å². The van der Waals surface area contributed by atoms with Gasteiger partial charge >= 0.3 is 0 Å². The first kappa shape index (κ1) is 11.3. The zero-order valence-electron chi connectivity index (χ0n) is 10.5. The minimum atomic E-state index is 0.332. The van der Waals surface area contributed by atoms with E-state index in [0.29, 0.717) is 18.2 Å². The fourth-order valence-corrected chi connectivity index (χ4v) is 2.68. The van der Waals surface area contributed by atoms with Crippen molar-refractivity contribution in [3.63, 3.8) is 0 Å². The van der Waals surface area contributed by atoms with E-state index in [4.69, 9.17) is 0 Å². The molecule has 1 atom stereocenters. The average molecular weight is 243 g/mol. The van der Waals surface area contributed by atoms with Gasteiger partial charge in [0.1, 0.15) is 17.4 Å². The summed E-state index contributed by atoms with van der Waals surface area (Å²) in [4.78, 5) is 0. The van der Waals surface area contributed by atoms with Gasteiger partial charge < -0.3 is 9.67 Å². The van der Waals surface area contributed by atoms with E-state index in [0.717, 1.165) is 23.6 Å². The van der Waals surface area contributed by atoms with Crippen LogP contribution < -0.4 is 0 Å². The molecule has 0 amide bonds. The largest absolute Gasteiger partial charge is 0.508 e. The molecule has 4 heteroatoms. The highest BCUT2D eigenvalue weighted by atomic mass is 16.3. The maximum Gasteiger partial charge on any atom is 0.137 e. The van der Waals surface area contributed by atoms with E-state index >= 15 is 0 Å². The van der Waals surface area contributed by atoms with E-state index in [1.807, 2.05) is 18.2 Å². The van der Waals surface area contributed by atoms with Crippen molar-refractivity contribution in [1.82, 2.24) is 14.8 Å². The highest BCUT2D eigenvalue weighted by Gasteiger charge is 2.21. The van der Waals surface area contributed by atoms with Crippen molar-refractivity contribution in [3.8, 4) is 5.75 Å². The van der Waals surface area contributed by atoms with Crippen LogP contribution in [0.5, 0.6) is 5.75 Å². The van der Waals surface area contributed by atoms with Gasteiger partial charge in [-0.25, -0.2) is 0 Å². The fourth-order valence-electron chi connectivity index (χ4n) is 2.68. The summed E-state index contributed by atoms with van der Waals surface area (Å²) in [6.45, 7) is 2.21. The highest BCUT2D eigenvalue weighted by Crippen LogP contribution is 2.27. The quantitative estimate of drug-likeness (QED) is 0.881. The summed E-state index contributed by atoms with van der Waals surface area (Å²) in [7, 11) is 0. The third-order valence-electron chi connectivity index (χ3n) is 3.64. The second-order valence-electron chi connectivity index (χ2n) is 4.95. The van der Waals surface area contributed by atoms with Crippen LogP contribution in [-0.4, -0.2) is 19.9 Å². The van der Waals surface area contributed by atoms with Crippen LogP contribution in [-0.2, 0) is 12.8 Å². The first-order valence-electron chi connectivity index (χ1n) is 6.45. The lowest BCUT2D eigenvalue weighted by atomic mass is 10.0. The Morgan fingerprint density at radius 1 is 1.33 bits per heavy atom. The number of benzene rings is 1. The first-order valence-corrected chi connectivity index (χ1v) is 6.45. The lowest BCUT2D eigenvalue weighted by Crippen LogP contribution is -2.17. The van der Waals surface area contributed by atoms with Gasteiger partial charge in [0.05, 0.1) is 0 Å². The molecule has 1 aliphatic heterocycles. The lowest BCUT2D eigenvalue weighted by molar-refractivity contribution is 0.414. The van der Waals surface area contributed by atoms with Crippen molar-refractivity contribution in [1.29, 1.82) is 0 Å². The SMILES string of the molecule is CC1CCCc2nnc(Cc3ccccc3O)n21. The number of para-hydroxylation sites is 1. The molecule has 0 saturated heterocycles. The molecule has 18 heavy (non-hydrogen) atoms. The lowest BCUT2D eigenvalue weighted by Gasteiger charge is -2.22. The summed E-state index contributed by atoms with van der Waals surface area (Å²) < 4.78 is 2.23. The molecule has 1 N–H and O–H groups in total. The van der Waals surface area contributed by atoms with Crippen LogP contribution in [0.2, 0.25) is 0 Å². The number of aromatic hydroxyl groups is 1. The molecule has 94 valence electrons. The highest BCUT2D eigenvalue weighted by molar-refractivity contribution is 5.34. The summed E-state index contributed by atoms with van der Waals surface area (Å²) in [6.07, 6.45) is 4.02. The molecule has 2 heterocycles. The molecule has 0 bridgehead atoms. The van der Waals surface area contributed by atoms with Gasteiger partial charge in [-0.2, -0.15) is 0 Å². The Bertz CT molecular complexity index is 562. The van der Waals surface area contributed by atoms with Gasteiger partial charge in [0.15, 0.2) is 0 Å². The molecule has 1 unspecified atom stereocenters. The third-order valence-corrected chi connectivity index (χ3v) is 3.64. The molecule has 0 radical (unpaired) electrons. The second kappa shape index (κ2) is 4.44. The Morgan fingerprint density at radius 3 is 3.00 bits per heavy atom. The van der Waals surface area contributed by atoms with E-state index in [9.17, 15) is 5.11 Å². The molecule has 0 saturated carbocycles. The zero-order chi connectivity index (χ0) is 12.5. The number of hydrogen-bond donors (Lipinski definition) is 1. The van der Waals surface area contributed by atoms with Gasteiger partial charge in [0, 0.05) is 24.4 Å². The van der Waals surface area contributed by atoms with E-state index in [1.54, 1.807) is 6.07 Å². The number of hydrogen-bond acceptors (Lipinski definition) is 3. The summed E-state index contributed by atoms with van der Waals surface area (Å²) in [5.74, 6) is 2.37. The molecule has 0 fully saturated rings. The van der Waals surface area contributed by atoms with Crippen LogP contribution in [0.1, 0.15) is 43.0 Å². The predicted molar refractivity (Wildman–Crippen MR) is 68.6 cm³/mol. The Kier molecular flexibility index (Phi) is 2.78. The Balaban J connectivity index is 1.95. The fraction of sp³-hybridized carbons (Fsp3) is 0.429. The first-order chi connectivity index (χ1) is 8.75. The maximum absolute atomic E-state index is 9.82. The van der Waals surface area contributed by atoms with Crippen LogP contribution in [0.4, 0.5) is 0 Å².